The summed E-state index contributed by atoms with van der Waals surface area (Å²) in [5, 5.41) is 9.29. The molecule has 0 saturated heterocycles. The largest absolute Gasteiger partial charge is 0.390 e. The van der Waals surface area contributed by atoms with Gasteiger partial charge in [0.05, 0.1) is 6.10 Å². The Balaban J connectivity index is 1.82. The quantitative estimate of drug-likeness (QED) is 0.739. The summed E-state index contributed by atoms with van der Waals surface area (Å²) in [6, 6.07) is 0. The van der Waals surface area contributed by atoms with Crippen molar-refractivity contribution < 1.29 is 13.9 Å². The molecule has 0 aromatic rings. The second-order valence-corrected chi connectivity index (χ2v) is 6.16. The van der Waals surface area contributed by atoms with Crippen LogP contribution in [0.3, 0.4) is 0 Å². The Morgan fingerprint density at radius 3 is 2.24 bits per heavy atom. The zero-order valence-electron chi connectivity index (χ0n) is 10.6. The van der Waals surface area contributed by atoms with Crippen molar-refractivity contribution in [2.45, 2.75) is 69.2 Å². The van der Waals surface area contributed by atoms with Crippen molar-refractivity contribution in [2.75, 3.05) is 0 Å². The topological polar surface area (TPSA) is 20.2 Å². The molecule has 0 amide bonds. The maximum Gasteiger partial charge on any atom is 0.157 e. The SMILES string of the molecule is BC1CCC(CC2CCC(O)C(F)C2F)CC1. The summed E-state index contributed by atoms with van der Waals surface area (Å²) in [4.78, 5) is 0. The Morgan fingerprint density at radius 2 is 1.59 bits per heavy atom. The van der Waals surface area contributed by atoms with Gasteiger partial charge in [-0.25, -0.2) is 8.78 Å². The highest BCUT2D eigenvalue weighted by Gasteiger charge is 2.40. The molecule has 0 bridgehead atoms. The zero-order valence-corrected chi connectivity index (χ0v) is 10.6. The molecule has 0 spiro atoms. The van der Waals surface area contributed by atoms with Crippen LogP contribution in [0.2, 0.25) is 5.82 Å². The van der Waals surface area contributed by atoms with Crippen LogP contribution in [0.15, 0.2) is 0 Å². The summed E-state index contributed by atoms with van der Waals surface area (Å²) < 4.78 is 27.2. The van der Waals surface area contributed by atoms with Gasteiger partial charge < -0.3 is 5.11 Å². The van der Waals surface area contributed by atoms with E-state index in [0.29, 0.717) is 18.8 Å². The van der Waals surface area contributed by atoms with Gasteiger partial charge in [-0.3, -0.25) is 0 Å². The molecule has 0 aromatic heterocycles. The Bertz CT molecular complexity index is 244. The molecule has 1 N–H and O–H groups in total. The predicted molar refractivity (Wildman–Crippen MR) is 67.4 cm³/mol. The summed E-state index contributed by atoms with van der Waals surface area (Å²) in [5.41, 5.74) is 0. The van der Waals surface area contributed by atoms with Crippen LogP contribution in [0.25, 0.3) is 0 Å². The molecule has 4 heteroatoms. The summed E-state index contributed by atoms with van der Waals surface area (Å²) in [6.45, 7) is 0. The summed E-state index contributed by atoms with van der Waals surface area (Å²) in [7, 11) is 2.27. The van der Waals surface area contributed by atoms with Gasteiger partial charge in [0, 0.05) is 0 Å². The highest BCUT2D eigenvalue weighted by molar-refractivity contribution is 6.11. The Labute approximate surface area is 103 Å². The Hall–Kier alpha value is -0.115. The molecule has 98 valence electrons. The lowest BCUT2D eigenvalue weighted by Crippen LogP contribution is -2.42. The maximum atomic E-state index is 13.8. The molecular weight excluding hydrogens is 221 g/mol. The molecule has 0 aromatic carbocycles. The van der Waals surface area contributed by atoms with Gasteiger partial charge in [-0.2, -0.15) is 0 Å². The van der Waals surface area contributed by atoms with Gasteiger partial charge in [0.1, 0.15) is 14.0 Å². The molecule has 2 aliphatic carbocycles. The number of hydrogen-bond acceptors (Lipinski definition) is 1. The highest BCUT2D eigenvalue weighted by atomic mass is 19.2. The van der Waals surface area contributed by atoms with E-state index in [1.165, 1.54) is 25.7 Å². The first kappa shape index (κ1) is 13.3. The second kappa shape index (κ2) is 5.68. The first-order chi connectivity index (χ1) is 8.08. The third-order valence-corrected chi connectivity index (χ3v) is 4.73. The van der Waals surface area contributed by atoms with Crippen molar-refractivity contribution in [1.29, 1.82) is 0 Å². The van der Waals surface area contributed by atoms with Gasteiger partial charge in [0.2, 0.25) is 0 Å². The molecule has 4 atom stereocenters. The minimum atomic E-state index is -1.66. The van der Waals surface area contributed by atoms with Gasteiger partial charge in [0.15, 0.2) is 6.17 Å². The lowest BCUT2D eigenvalue weighted by atomic mass is 9.69. The highest BCUT2D eigenvalue weighted by Crippen LogP contribution is 2.39. The van der Waals surface area contributed by atoms with Crippen LogP contribution in [0.1, 0.15) is 44.9 Å². The van der Waals surface area contributed by atoms with Crippen molar-refractivity contribution in [3.05, 3.63) is 0 Å². The number of alkyl halides is 2. The molecule has 2 aliphatic rings. The van der Waals surface area contributed by atoms with E-state index >= 15 is 0 Å². The minimum Gasteiger partial charge on any atom is -0.390 e. The third-order valence-electron chi connectivity index (χ3n) is 4.73. The van der Waals surface area contributed by atoms with E-state index in [-0.39, 0.29) is 5.92 Å². The minimum absolute atomic E-state index is 0.160. The first-order valence-electron chi connectivity index (χ1n) is 7.04. The smallest absolute Gasteiger partial charge is 0.157 e. The van der Waals surface area contributed by atoms with Crippen LogP contribution in [0, 0.1) is 11.8 Å². The predicted octanol–water partition coefficient (Wildman–Crippen LogP) is 2.44. The molecule has 2 rings (SSSR count). The molecule has 0 aliphatic heterocycles. The van der Waals surface area contributed by atoms with E-state index in [0.717, 1.165) is 12.2 Å². The lowest BCUT2D eigenvalue weighted by molar-refractivity contribution is -0.0406. The van der Waals surface area contributed by atoms with Crippen molar-refractivity contribution in [3.63, 3.8) is 0 Å². The van der Waals surface area contributed by atoms with Crippen LogP contribution < -0.4 is 0 Å². The number of hydrogen-bond donors (Lipinski definition) is 1. The van der Waals surface area contributed by atoms with Crippen LogP contribution in [-0.2, 0) is 0 Å². The second-order valence-electron chi connectivity index (χ2n) is 6.16. The molecule has 2 saturated carbocycles. The molecule has 2 fully saturated rings. The van der Waals surface area contributed by atoms with Gasteiger partial charge in [-0.05, 0) is 31.1 Å². The average Bonchev–Trinajstić information content (AvgIpc) is 2.33. The Kier molecular flexibility index (Phi) is 4.45. The van der Waals surface area contributed by atoms with Gasteiger partial charge in [-0.15, -0.1) is 0 Å². The van der Waals surface area contributed by atoms with Crippen LogP contribution in [-0.4, -0.2) is 31.4 Å². The van der Waals surface area contributed by atoms with E-state index in [1.807, 2.05) is 0 Å². The van der Waals surface area contributed by atoms with Crippen LogP contribution >= 0.6 is 0 Å². The van der Waals surface area contributed by atoms with E-state index < -0.39 is 18.4 Å². The summed E-state index contributed by atoms with van der Waals surface area (Å²) in [6.07, 6.45) is 2.52. The zero-order chi connectivity index (χ0) is 12.4. The third kappa shape index (κ3) is 3.21. The standard InChI is InChI=1S/C13H23BF2O/c14-10-4-1-8(2-5-10)7-9-3-6-11(17)13(16)12(9)15/h8-13,17H,1-7,14H2. The fourth-order valence-corrected chi connectivity index (χ4v) is 3.42. The molecule has 0 heterocycles. The Morgan fingerprint density at radius 1 is 0.941 bits per heavy atom. The van der Waals surface area contributed by atoms with Gasteiger partial charge >= 0.3 is 0 Å². The van der Waals surface area contributed by atoms with Crippen LogP contribution in [0.5, 0.6) is 0 Å². The lowest BCUT2D eigenvalue weighted by Gasteiger charge is -2.36. The van der Waals surface area contributed by atoms with Gasteiger partial charge in [0.25, 0.3) is 0 Å². The van der Waals surface area contributed by atoms with Crippen molar-refractivity contribution in [1.82, 2.24) is 0 Å². The molecule has 1 nitrogen and oxygen atoms in total. The van der Waals surface area contributed by atoms with Gasteiger partial charge in [-0.1, -0.05) is 31.5 Å². The number of aliphatic hydroxyl groups is 1. The molecule has 0 radical (unpaired) electrons. The van der Waals surface area contributed by atoms with Crippen molar-refractivity contribution in [3.8, 4) is 0 Å². The van der Waals surface area contributed by atoms with Crippen LogP contribution in [0.4, 0.5) is 8.78 Å². The van der Waals surface area contributed by atoms with E-state index in [9.17, 15) is 13.9 Å². The molecular formula is C13H23BF2O. The van der Waals surface area contributed by atoms with E-state index in [4.69, 9.17) is 0 Å². The monoisotopic (exact) mass is 244 g/mol. The van der Waals surface area contributed by atoms with E-state index in [1.54, 1.807) is 0 Å². The summed E-state index contributed by atoms with van der Waals surface area (Å²) >= 11 is 0. The normalized spacial score (nSPS) is 47.9. The van der Waals surface area contributed by atoms with Crippen molar-refractivity contribution in [2.24, 2.45) is 11.8 Å². The molecule has 4 unspecified atom stereocenters. The summed E-state index contributed by atoms with van der Waals surface area (Å²) in [5.74, 6) is 1.22. The van der Waals surface area contributed by atoms with Crippen molar-refractivity contribution >= 4 is 7.85 Å². The fraction of sp³-hybridized carbons (Fsp3) is 1.00. The fourth-order valence-electron chi connectivity index (χ4n) is 3.42. The molecule has 17 heavy (non-hydrogen) atoms. The van der Waals surface area contributed by atoms with E-state index in [2.05, 4.69) is 7.85 Å². The number of rotatable bonds is 2. The average molecular weight is 244 g/mol. The first-order valence-corrected chi connectivity index (χ1v) is 7.04. The maximum absolute atomic E-state index is 13.8. The number of halogens is 2. The number of aliphatic hydroxyl groups excluding tert-OH is 1.